The van der Waals surface area contributed by atoms with Crippen LogP contribution in [0.5, 0.6) is 0 Å². The minimum Gasteiger partial charge on any atom is -0.340 e. The van der Waals surface area contributed by atoms with Gasteiger partial charge in [0.25, 0.3) is 0 Å². The molecule has 1 aromatic heterocycles. The van der Waals surface area contributed by atoms with E-state index < -0.39 is 0 Å². The number of piperazine rings is 1. The summed E-state index contributed by atoms with van der Waals surface area (Å²) >= 11 is 0. The molecule has 2 aliphatic heterocycles. The number of nitrogens with one attached hydrogen (secondary N) is 1. The highest BCUT2D eigenvalue weighted by molar-refractivity contribution is 5.80. The Hall–Kier alpha value is -1.40. The van der Waals surface area contributed by atoms with Crippen LogP contribution in [-0.4, -0.2) is 70.8 Å². The van der Waals surface area contributed by atoms with Gasteiger partial charge in [-0.15, -0.1) is 0 Å². The quantitative estimate of drug-likeness (QED) is 0.878. The number of nitrogens with zero attached hydrogens (tertiary/aromatic N) is 4. The molecule has 126 valence electrons. The van der Waals surface area contributed by atoms with Crippen molar-refractivity contribution in [1.82, 2.24) is 24.9 Å². The third-order valence-electron chi connectivity index (χ3n) is 5.90. The lowest BCUT2D eigenvalue weighted by Gasteiger charge is -2.43. The topological polar surface area (TPSA) is 53.4 Å². The summed E-state index contributed by atoms with van der Waals surface area (Å²) in [5.74, 6) is 0.660. The van der Waals surface area contributed by atoms with Gasteiger partial charge in [-0.05, 0) is 18.4 Å². The molecule has 0 aromatic carbocycles. The van der Waals surface area contributed by atoms with Crippen molar-refractivity contribution in [2.24, 2.45) is 13.0 Å². The average Bonchev–Trinajstić information content (AvgIpc) is 3.14. The van der Waals surface area contributed by atoms with Gasteiger partial charge in [-0.2, -0.15) is 5.10 Å². The van der Waals surface area contributed by atoms with Gasteiger partial charge in [0.1, 0.15) is 0 Å². The largest absolute Gasteiger partial charge is 0.340 e. The molecule has 1 saturated carbocycles. The monoisotopic (exact) mass is 317 g/mol. The van der Waals surface area contributed by atoms with Crippen LogP contribution in [0.15, 0.2) is 12.4 Å². The Morgan fingerprint density at radius 1 is 1.22 bits per heavy atom. The zero-order chi connectivity index (χ0) is 15.8. The van der Waals surface area contributed by atoms with E-state index in [1.807, 2.05) is 24.1 Å². The minimum absolute atomic E-state index is 0.0643. The highest BCUT2D eigenvalue weighted by atomic mass is 16.2. The van der Waals surface area contributed by atoms with Crippen LogP contribution in [0.3, 0.4) is 0 Å². The van der Waals surface area contributed by atoms with Gasteiger partial charge in [0.2, 0.25) is 5.91 Å². The molecule has 0 radical (unpaired) electrons. The van der Waals surface area contributed by atoms with E-state index in [1.165, 1.54) is 24.8 Å². The summed E-state index contributed by atoms with van der Waals surface area (Å²) in [7, 11) is 1.93. The van der Waals surface area contributed by atoms with Crippen LogP contribution in [0.25, 0.3) is 0 Å². The smallest absolute Gasteiger partial charge is 0.227 e. The van der Waals surface area contributed by atoms with Crippen LogP contribution in [-0.2, 0) is 11.8 Å². The molecule has 3 heterocycles. The van der Waals surface area contributed by atoms with E-state index in [2.05, 4.69) is 20.2 Å². The lowest BCUT2D eigenvalue weighted by atomic mass is 9.89. The molecule has 6 heteroatoms. The van der Waals surface area contributed by atoms with Crippen LogP contribution in [0.4, 0.5) is 0 Å². The highest BCUT2D eigenvalue weighted by Gasteiger charge is 2.38. The zero-order valence-electron chi connectivity index (χ0n) is 13.9. The van der Waals surface area contributed by atoms with Crippen molar-refractivity contribution in [2.45, 2.75) is 31.2 Å². The second-order valence-electron chi connectivity index (χ2n) is 7.26. The maximum absolute atomic E-state index is 13.0. The van der Waals surface area contributed by atoms with Gasteiger partial charge >= 0.3 is 0 Å². The number of aryl methyl sites for hydroxylation is 1. The van der Waals surface area contributed by atoms with Crippen molar-refractivity contribution >= 4 is 5.91 Å². The van der Waals surface area contributed by atoms with E-state index in [1.54, 1.807) is 0 Å². The summed E-state index contributed by atoms with van der Waals surface area (Å²) < 4.78 is 1.83. The molecule has 1 aliphatic carbocycles. The highest BCUT2D eigenvalue weighted by Crippen LogP contribution is 2.30. The summed E-state index contributed by atoms with van der Waals surface area (Å²) in [5, 5.41) is 7.67. The third-order valence-corrected chi connectivity index (χ3v) is 5.90. The zero-order valence-corrected chi connectivity index (χ0v) is 13.9. The number of hydrogen-bond acceptors (Lipinski definition) is 4. The first-order chi connectivity index (χ1) is 11.2. The number of rotatable bonds is 3. The second-order valence-corrected chi connectivity index (χ2v) is 7.26. The van der Waals surface area contributed by atoms with E-state index in [9.17, 15) is 4.79 Å². The Morgan fingerprint density at radius 2 is 2.00 bits per heavy atom. The van der Waals surface area contributed by atoms with Gasteiger partial charge in [-0.25, -0.2) is 0 Å². The minimum atomic E-state index is 0.0643. The molecular weight excluding hydrogens is 290 g/mol. The molecule has 0 unspecified atom stereocenters. The third kappa shape index (κ3) is 2.90. The standard InChI is InChI=1S/C17H27N5O/c1-20-12-13(9-19-20)15-10-18-11-16(15)17(23)22-7-5-21(6-8-22)14-3-2-4-14/h9,12,14-16,18H,2-8,10-11H2,1H3/t15-,16+/m1/s1. The van der Waals surface area contributed by atoms with Crippen LogP contribution in [0, 0.1) is 5.92 Å². The number of carbonyl (C=O) groups is 1. The van der Waals surface area contributed by atoms with Crippen LogP contribution < -0.4 is 5.32 Å². The van der Waals surface area contributed by atoms with E-state index in [0.29, 0.717) is 5.91 Å². The van der Waals surface area contributed by atoms with Crippen LogP contribution in [0.1, 0.15) is 30.7 Å². The van der Waals surface area contributed by atoms with Crippen molar-refractivity contribution in [3.05, 3.63) is 18.0 Å². The van der Waals surface area contributed by atoms with Crippen molar-refractivity contribution in [3.63, 3.8) is 0 Å². The maximum atomic E-state index is 13.0. The Kier molecular flexibility index (Phi) is 4.11. The molecule has 3 fully saturated rings. The number of carbonyl (C=O) groups excluding carboxylic acids is 1. The molecule has 0 spiro atoms. The molecule has 1 N–H and O–H groups in total. The summed E-state index contributed by atoms with van der Waals surface area (Å²) in [6, 6.07) is 0.795. The first-order valence-corrected chi connectivity index (χ1v) is 8.94. The molecular formula is C17H27N5O. The number of amides is 1. The molecule has 23 heavy (non-hydrogen) atoms. The number of aromatic nitrogens is 2. The Morgan fingerprint density at radius 3 is 2.61 bits per heavy atom. The van der Waals surface area contributed by atoms with E-state index in [-0.39, 0.29) is 11.8 Å². The summed E-state index contributed by atoms with van der Waals surface area (Å²) in [5.41, 5.74) is 1.18. The molecule has 1 aromatic rings. The van der Waals surface area contributed by atoms with Crippen LogP contribution >= 0.6 is 0 Å². The molecule has 2 atom stereocenters. The van der Waals surface area contributed by atoms with Gasteiger partial charge in [0.05, 0.1) is 12.1 Å². The van der Waals surface area contributed by atoms with Crippen molar-refractivity contribution < 1.29 is 4.79 Å². The lowest BCUT2D eigenvalue weighted by molar-refractivity contribution is -0.137. The van der Waals surface area contributed by atoms with Crippen LogP contribution in [0.2, 0.25) is 0 Å². The second kappa shape index (κ2) is 6.24. The summed E-state index contributed by atoms with van der Waals surface area (Å²) in [6.07, 6.45) is 8.04. The van der Waals surface area contributed by atoms with Crippen molar-refractivity contribution in [3.8, 4) is 0 Å². The summed E-state index contributed by atoms with van der Waals surface area (Å²) in [4.78, 5) is 17.7. The van der Waals surface area contributed by atoms with Gasteiger partial charge in [0, 0.05) is 64.5 Å². The Balaban J connectivity index is 1.38. The van der Waals surface area contributed by atoms with Crippen molar-refractivity contribution in [2.75, 3.05) is 39.3 Å². The van der Waals surface area contributed by atoms with E-state index in [0.717, 1.165) is 45.3 Å². The first kappa shape index (κ1) is 15.1. The molecule has 3 aliphatic rings. The maximum Gasteiger partial charge on any atom is 0.227 e. The molecule has 6 nitrogen and oxygen atoms in total. The van der Waals surface area contributed by atoms with E-state index in [4.69, 9.17) is 0 Å². The predicted octanol–water partition coefficient (Wildman–Crippen LogP) is 0.420. The SMILES string of the molecule is Cn1cc([C@H]2CNC[C@@H]2C(=O)N2CCN(C3CCC3)CC2)cn1. The van der Waals surface area contributed by atoms with Gasteiger partial charge in [0.15, 0.2) is 0 Å². The number of hydrogen-bond donors (Lipinski definition) is 1. The fraction of sp³-hybridized carbons (Fsp3) is 0.765. The Labute approximate surface area is 137 Å². The predicted molar refractivity (Wildman–Crippen MR) is 88.1 cm³/mol. The fourth-order valence-electron chi connectivity index (χ4n) is 4.21. The lowest BCUT2D eigenvalue weighted by Crippen LogP contribution is -2.55. The van der Waals surface area contributed by atoms with Gasteiger partial charge in [-0.3, -0.25) is 14.4 Å². The molecule has 2 saturated heterocycles. The molecule has 1 amide bonds. The van der Waals surface area contributed by atoms with E-state index >= 15 is 0 Å². The molecule has 4 rings (SSSR count). The molecule has 0 bridgehead atoms. The summed E-state index contributed by atoms with van der Waals surface area (Å²) in [6.45, 7) is 5.56. The van der Waals surface area contributed by atoms with Gasteiger partial charge < -0.3 is 10.2 Å². The Bertz CT molecular complexity index is 559. The van der Waals surface area contributed by atoms with Gasteiger partial charge in [-0.1, -0.05) is 6.42 Å². The first-order valence-electron chi connectivity index (χ1n) is 8.94. The normalized spacial score (nSPS) is 29.7. The fourth-order valence-corrected chi connectivity index (χ4v) is 4.21. The average molecular weight is 317 g/mol. The van der Waals surface area contributed by atoms with Crippen molar-refractivity contribution in [1.29, 1.82) is 0 Å².